The van der Waals surface area contributed by atoms with Gasteiger partial charge in [-0.3, -0.25) is 0 Å². The van der Waals surface area contributed by atoms with Crippen LogP contribution in [0.2, 0.25) is 0 Å². The van der Waals surface area contributed by atoms with E-state index in [4.69, 9.17) is 0 Å². The summed E-state index contributed by atoms with van der Waals surface area (Å²) in [5.41, 5.74) is 1.29. The van der Waals surface area contributed by atoms with Gasteiger partial charge in [-0.25, -0.2) is 0 Å². The van der Waals surface area contributed by atoms with Gasteiger partial charge in [0.05, 0.1) is 6.10 Å². The summed E-state index contributed by atoms with van der Waals surface area (Å²) in [5.74, 6) is 2.08. The van der Waals surface area contributed by atoms with E-state index < -0.39 is 0 Å². The highest BCUT2D eigenvalue weighted by Crippen LogP contribution is 2.35. The van der Waals surface area contributed by atoms with Gasteiger partial charge in [0.15, 0.2) is 0 Å². The average molecular weight is 238 g/mol. The van der Waals surface area contributed by atoms with Gasteiger partial charge in [-0.15, -0.1) is 0 Å². The van der Waals surface area contributed by atoms with E-state index in [1.165, 1.54) is 24.8 Å². The van der Waals surface area contributed by atoms with E-state index in [9.17, 15) is 5.11 Å². The molecule has 1 aromatic heterocycles. The Morgan fingerprint density at radius 3 is 2.56 bits per heavy atom. The summed E-state index contributed by atoms with van der Waals surface area (Å²) in [6, 6.07) is 2.13. The summed E-state index contributed by atoms with van der Waals surface area (Å²) in [6.45, 7) is 4.64. The molecule has 0 spiro atoms. The predicted molar refractivity (Wildman–Crippen MR) is 69.7 cm³/mol. The largest absolute Gasteiger partial charge is 0.392 e. The molecule has 0 saturated heterocycles. The first-order valence-electron chi connectivity index (χ1n) is 6.34. The van der Waals surface area contributed by atoms with Crippen molar-refractivity contribution in [3.8, 4) is 0 Å². The fourth-order valence-corrected chi connectivity index (χ4v) is 3.82. The summed E-state index contributed by atoms with van der Waals surface area (Å²) in [5, 5.41) is 14.5. The summed E-state index contributed by atoms with van der Waals surface area (Å²) >= 11 is 1.72. The Hall–Kier alpha value is -0.340. The van der Waals surface area contributed by atoms with E-state index in [0.717, 1.165) is 18.3 Å². The van der Waals surface area contributed by atoms with Crippen LogP contribution in [-0.2, 0) is 6.42 Å². The van der Waals surface area contributed by atoms with E-state index in [2.05, 4.69) is 30.7 Å². The molecule has 1 aliphatic carbocycles. The van der Waals surface area contributed by atoms with Crippen LogP contribution in [-0.4, -0.2) is 11.2 Å². The highest BCUT2D eigenvalue weighted by molar-refractivity contribution is 7.07. The highest BCUT2D eigenvalue weighted by atomic mass is 32.1. The zero-order valence-electron chi connectivity index (χ0n) is 10.2. The van der Waals surface area contributed by atoms with Gasteiger partial charge in [0.1, 0.15) is 0 Å². The summed E-state index contributed by atoms with van der Waals surface area (Å²) in [7, 11) is 0. The number of aliphatic hydroxyl groups excluding tert-OH is 1. The maximum absolute atomic E-state index is 10.3. The van der Waals surface area contributed by atoms with Gasteiger partial charge in [0.2, 0.25) is 0 Å². The molecule has 16 heavy (non-hydrogen) atoms. The van der Waals surface area contributed by atoms with Crippen molar-refractivity contribution >= 4 is 11.3 Å². The third kappa shape index (κ3) is 3.08. The van der Waals surface area contributed by atoms with Gasteiger partial charge in [0.25, 0.3) is 0 Å². The Kier molecular flexibility index (Phi) is 4.04. The monoisotopic (exact) mass is 238 g/mol. The summed E-state index contributed by atoms with van der Waals surface area (Å²) < 4.78 is 0. The first kappa shape index (κ1) is 12.1. The van der Waals surface area contributed by atoms with Crippen LogP contribution < -0.4 is 0 Å². The van der Waals surface area contributed by atoms with Crippen molar-refractivity contribution in [2.45, 2.75) is 45.6 Å². The van der Waals surface area contributed by atoms with Crippen LogP contribution in [0.25, 0.3) is 0 Å². The first-order valence-corrected chi connectivity index (χ1v) is 7.28. The SMILES string of the molecule is CC1CC(C)CC(C(O)Cc2ccsc2)C1. The normalized spacial score (nSPS) is 32.6. The van der Waals surface area contributed by atoms with Gasteiger partial charge in [-0.2, -0.15) is 11.3 Å². The van der Waals surface area contributed by atoms with E-state index in [-0.39, 0.29) is 6.10 Å². The van der Waals surface area contributed by atoms with E-state index in [1.54, 1.807) is 11.3 Å². The Morgan fingerprint density at radius 2 is 2.00 bits per heavy atom. The Morgan fingerprint density at radius 1 is 1.31 bits per heavy atom. The van der Waals surface area contributed by atoms with Crippen LogP contribution in [0.15, 0.2) is 16.8 Å². The molecule has 90 valence electrons. The van der Waals surface area contributed by atoms with Crippen molar-refractivity contribution in [2.24, 2.45) is 17.8 Å². The molecule has 0 bridgehead atoms. The number of aliphatic hydroxyl groups is 1. The molecule has 1 fully saturated rings. The molecule has 1 saturated carbocycles. The fourth-order valence-electron chi connectivity index (χ4n) is 3.14. The third-order valence-electron chi connectivity index (χ3n) is 3.78. The molecule has 2 heteroatoms. The minimum absolute atomic E-state index is 0.139. The quantitative estimate of drug-likeness (QED) is 0.851. The molecular weight excluding hydrogens is 216 g/mol. The van der Waals surface area contributed by atoms with Crippen LogP contribution in [0.1, 0.15) is 38.7 Å². The Bertz CT molecular complexity index is 297. The van der Waals surface area contributed by atoms with Gasteiger partial charge in [-0.1, -0.05) is 13.8 Å². The molecule has 1 nitrogen and oxygen atoms in total. The average Bonchev–Trinajstić information content (AvgIpc) is 2.68. The van der Waals surface area contributed by atoms with Gasteiger partial charge in [0, 0.05) is 0 Å². The summed E-state index contributed by atoms with van der Waals surface area (Å²) in [6.07, 6.45) is 4.44. The smallest absolute Gasteiger partial charge is 0.0609 e. The summed E-state index contributed by atoms with van der Waals surface area (Å²) in [4.78, 5) is 0. The van der Waals surface area contributed by atoms with Crippen LogP contribution >= 0.6 is 11.3 Å². The zero-order chi connectivity index (χ0) is 11.5. The van der Waals surface area contributed by atoms with Crippen molar-refractivity contribution in [1.29, 1.82) is 0 Å². The number of thiophene rings is 1. The van der Waals surface area contributed by atoms with Crippen molar-refractivity contribution in [3.63, 3.8) is 0 Å². The Labute approximate surface area is 103 Å². The van der Waals surface area contributed by atoms with Crippen molar-refractivity contribution in [2.75, 3.05) is 0 Å². The molecule has 0 amide bonds. The molecule has 1 heterocycles. The molecule has 1 aromatic rings. The van der Waals surface area contributed by atoms with Crippen LogP contribution in [0, 0.1) is 17.8 Å². The first-order chi connectivity index (χ1) is 7.65. The minimum atomic E-state index is -0.139. The fraction of sp³-hybridized carbons (Fsp3) is 0.714. The van der Waals surface area contributed by atoms with Crippen LogP contribution in [0.5, 0.6) is 0 Å². The molecule has 1 N–H and O–H groups in total. The zero-order valence-corrected chi connectivity index (χ0v) is 11.0. The molecule has 1 aliphatic rings. The molecule has 2 rings (SSSR count). The maximum Gasteiger partial charge on any atom is 0.0609 e. The van der Waals surface area contributed by atoms with Crippen LogP contribution in [0.3, 0.4) is 0 Å². The predicted octanol–water partition coefficient (Wildman–Crippen LogP) is 3.72. The van der Waals surface area contributed by atoms with Crippen molar-refractivity contribution in [1.82, 2.24) is 0 Å². The van der Waals surface area contributed by atoms with E-state index in [1.807, 2.05) is 0 Å². The third-order valence-corrected chi connectivity index (χ3v) is 4.52. The number of rotatable bonds is 3. The lowest BCUT2D eigenvalue weighted by molar-refractivity contribution is 0.0562. The molecule has 3 unspecified atom stereocenters. The van der Waals surface area contributed by atoms with E-state index in [0.29, 0.717) is 5.92 Å². The van der Waals surface area contributed by atoms with Gasteiger partial charge < -0.3 is 5.11 Å². The van der Waals surface area contributed by atoms with E-state index >= 15 is 0 Å². The standard InChI is InChI=1S/C14H22OS/c1-10-5-11(2)7-13(6-10)14(15)8-12-3-4-16-9-12/h3-4,9-11,13-15H,5-8H2,1-2H3. The Balaban J connectivity index is 1.91. The van der Waals surface area contributed by atoms with Gasteiger partial charge in [-0.05, 0) is 65.8 Å². The molecule has 0 radical (unpaired) electrons. The molecule has 3 atom stereocenters. The lowest BCUT2D eigenvalue weighted by Crippen LogP contribution is -2.30. The number of hydrogen-bond acceptors (Lipinski definition) is 2. The lowest BCUT2D eigenvalue weighted by atomic mass is 9.74. The topological polar surface area (TPSA) is 20.2 Å². The highest BCUT2D eigenvalue weighted by Gasteiger charge is 2.28. The second kappa shape index (κ2) is 5.33. The molecular formula is C14H22OS. The minimum Gasteiger partial charge on any atom is -0.392 e. The molecule has 0 aliphatic heterocycles. The second-order valence-electron chi connectivity index (χ2n) is 5.58. The lowest BCUT2D eigenvalue weighted by Gasteiger charge is -2.34. The number of hydrogen-bond donors (Lipinski definition) is 1. The van der Waals surface area contributed by atoms with Crippen molar-refractivity contribution < 1.29 is 5.11 Å². The van der Waals surface area contributed by atoms with Crippen molar-refractivity contribution in [3.05, 3.63) is 22.4 Å². The molecule has 0 aromatic carbocycles. The second-order valence-corrected chi connectivity index (χ2v) is 6.36. The van der Waals surface area contributed by atoms with Crippen LogP contribution in [0.4, 0.5) is 0 Å². The maximum atomic E-state index is 10.3. The van der Waals surface area contributed by atoms with Gasteiger partial charge >= 0.3 is 0 Å².